The van der Waals surface area contributed by atoms with Crippen molar-refractivity contribution in [2.75, 3.05) is 21.3 Å². The Bertz CT molecular complexity index is 709. The number of phenolic OH excluding ortho intramolecular Hbond substituents is 1. The first-order valence-electron chi connectivity index (χ1n) is 6.91. The number of methoxy groups -OCH3 is 3. The SMILES string of the molecule is COc1cc(OC)c(C(=O)/C=C/c2ccccc2O)c(OC)c1. The molecule has 1 N–H and O–H groups in total. The van der Waals surface area contributed by atoms with Crippen LogP contribution in [0.2, 0.25) is 0 Å². The fourth-order valence-corrected chi connectivity index (χ4v) is 2.13. The van der Waals surface area contributed by atoms with Crippen molar-refractivity contribution in [1.29, 1.82) is 0 Å². The number of aromatic hydroxyl groups is 1. The Hall–Kier alpha value is -2.95. The van der Waals surface area contributed by atoms with Crippen LogP contribution in [0.3, 0.4) is 0 Å². The number of hydrogen-bond acceptors (Lipinski definition) is 5. The summed E-state index contributed by atoms with van der Waals surface area (Å²) in [5.41, 5.74) is 0.842. The predicted molar refractivity (Wildman–Crippen MR) is 87.6 cm³/mol. The first-order chi connectivity index (χ1) is 11.1. The molecule has 2 rings (SSSR count). The number of para-hydroxylation sites is 1. The second-order valence-corrected chi connectivity index (χ2v) is 4.66. The zero-order chi connectivity index (χ0) is 16.8. The smallest absolute Gasteiger partial charge is 0.193 e. The van der Waals surface area contributed by atoms with E-state index in [-0.39, 0.29) is 11.5 Å². The van der Waals surface area contributed by atoms with Crippen LogP contribution in [0.25, 0.3) is 6.08 Å². The van der Waals surface area contributed by atoms with Crippen LogP contribution in [0.1, 0.15) is 15.9 Å². The largest absolute Gasteiger partial charge is 0.507 e. The maximum atomic E-state index is 12.5. The van der Waals surface area contributed by atoms with Crippen molar-refractivity contribution in [3.8, 4) is 23.0 Å². The minimum absolute atomic E-state index is 0.102. The van der Waals surface area contributed by atoms with E-state index in [1.807, 2.05) is 0 Å². The van der Waals surface area contributed by atoms with Crippen LogP contribution < -0.4 is 14.2 Å². The average molecular weight is 314 g/mol. The molecule has 0 aromatic heterocycles. The van der Waals surface area contributed by atoms with Gasteiger partial charge in [0.2, 0.25) is 0 Å². The lowest BCUT2D eigenvalue weighted by molar-refractivity contribution is 0.104. The number of benzene rings is 2. The topological polar surface area (TPSA) is 65.0 Å². The van der Waals surface area contributed by atoms with Crippen LogP contribution in [-0.4, -0.2) is 32.2 Å². The molecule has 0 saturated heterocycles. The van der Waals surface area contributed by atoms with E-state index in [1.165, 1.54) is 27.4 Å². The average Bonchev–Trinajstić information content (AvgIpc) is 2.59. The third-order valence-electron chi connectivity index (χ3n) is 3.31. The van der Waals surface area contributed by atoms with E-state index in [4.69, 9.17) is 14.2 Å². The fourth-order valence-electron chi connectivity index (χ4n) is 2.13. The van der Waals surface area contributed by atoms with E-state index in [0.717, 1.165) is 0 Å². The van der Waals surface area contributed by atoms with Crippen molar-refractivity contribution in [1.82, 2.24) is 0 Å². The minimum Gasteiger partial charge on any atom is -0.507 e. The van der Waals surface area contributed by atoms with Gasteiger partial charge in [-0.15, -0.1) is 0 Å². The third kappa shape index (κ3) is 3.63. The van der Waals surface area contributed by atoms with Crippen molar-refractivity contribution in [2.24, 2.45) is 0 Å². The number of phenols is 1. The van der Waals surface area contributed by atoms with Gasteiger partial charge >= 0.3 is 0 Å². The van der Waals surface area contributed by atoms with Gasteiger partial charge in [-0.25, -0.2) is 0 Å². The first kappa shape index (κ1) is 16.4. The quantitative estimate of drug-likeness (QED) is 0.654. The molecule has 0 aliphatic rings. The van der Waals surface area contributed by atoms with Crippen molar-refractivity contribution in [3.63, 3.8) is 0 Å². The van der Waals surface area contributed by atoms with Crippen molar-refractivity contribution < 1.29 is 24.1 Å². The molecular weight excluding hydrogens is 296 g/mol. The van der Waals surface area contributed by atoms with E-state index in [1.54, 1.807) is 42.5 Å². The van der Waals surface area contributed by atoms with Crippen molar-refractivity contribution in [3.05, 3.63) is 53.6 Å². The molecule has 0 unspecified atom stereocenters. The van der Waals surface area contributed by atoms with Gasteiger partial charge in [-0.2, -0.15) is 0 Å². The molecule has 0 bridgehead atoms. The number of allylic oxidation sites excluding steroid dienone is 1. The lowest BCUT2D eigenvalue weighted by Gasteiger charge is -2.13. The summed E-state index contributed by atoms with van der Waals surface area (Å²) in [6.45, 7) is 0. The molecule has 0 atom stereocenters. The summed E-state index contributed by atoms with van der Waals surface area (Å²) < 4.78 is 15.7. The van der Waals surface area contributed by atoms with E-state index in [2.05, 4.69) is 0 Å². The highest BCUT2D eigenvalue weighted by molar-refractivity contribution is 6.10. The molecule has 23 heavy (non-hydrogen) atoms. The Morgan fingerprint density at radius 2 is 1.61 bits per heavy atom. The zero-order valence-corrected chi connectivity index (χ0v) is 13.2. The summed E-state index contributed by atoms with van der Waals surface area (Å²) in [7, 11) is 4.46. The monoisotopic (exact) mass is 314 g/mol. The summed E-state index contributed by atoms with van der Waals surface area (Å²) in [5, 5.41) is 9.74. The Labute approximate surface area is 134 Å². The van der Waals surface area contributed by atoms with E-state index in [9.17, 15) is 9.90 Å². The van der Waals surface area contributed by atoms with Gasteiger partial charge in [0.15, 0.2) is 5.78 Å². The number of carbonyl (C=O) groups is 1. The molecule has 0 spiro atoms. The van der Waals surface area contributed by atoms with Gasteiger partial charge in [0, 0.05) is 17.7 Å². The van der Waals surface area contributed by atoms with Crippen molar-refractivity contribution >= 4 is 11.9 Å². The Balaban J connectivity index is 2.41. The van der Waals surface area contributed by atoms with Gasteiger partial charge in [0.25, 0.3) is 0 Å². The highest BCUT2D eigenvalue weighted by Gasteiger charge is 2.18. The summed E-state index contributed by atoms with van der Waals surface area (Å²) in [5.74, 6) is 1.04. The van der Waals surface area contributed by atoms with Crippen LogP contribution in [0, 0.1) is 0 Å². The Morgan fingerprint density at radius 3 is 2.13 bits per heavy atom. The maximum Gasteiger partial charge on any atom is 0.193 e. The van der Waals surface area contributed by atoms with E-state index in [0.29, 0.717) is 28.4 Å². The first-order valence-corrected chi connectivity index (χ1v) is 6.91. The molecule has 0 heterocycles. The van der Waals surface area contributed by atoms with Crippen LogP contribution in [0.5, 0.6) is 23.0 Å². The summed E-state index contributed by atoms with van der Waals surface area (Å²) >= 11 is 0. The molecule has 5 nitrogen and oxygen atoms in total. The molecule has 0 amide bonds. The van der Waals surface area contributed by atoms with Crippen LogP contribution in [0.4, 0.5) is 0 Å². The number of rotatable bonds is 6. The predicted octanol–water partition coefficient (Wildman–Crippen LogP) is 3.31. The molecule has 2 aromatic rings. The second-order valence-electron chi connectivity index (χ2n) is 4.66. The Kier molecular flexibility index (Phi) is 5.25. The highest BCUT2D eigenvalue weighted by Crippen LogP contribution is 2.34. The molecule has 0 fully saturated rings. The summed E-state index contributed by atoms with van der Waals surface area (Å²) in [6, 6.07) is 9.98. The molecule has 120 valence electrons. The van der Waals surface area contributed by atoms with Gasteiger partial charge in [0.1, 0.15) is 28.6 Å². The molecule has 2 aromatic carbocycles. The molecule has 5 heteroatoms. The Morgan fingerprint density at radius 1 is 1.00 bits per heavy atom. The lowest BCUT2D eigenvalue weighted by atomic mass is 10.1. The number of carbonyl (C=O) groups excluding carboxylic acids is 1. The molecule has 0 radical (unpaired) electrons. The fraction of sp³-hybridized carbons (Fsp3) is 0.167. The minimum atomic E-state index is -0.301. The van der Waals surface area contributed by atoms with Gasteiger partial charge in [0.05, 0.1) is 21.3 Å². The molecule has 0 aliphatic heterocycles. The number of hydrogen-bond donors (Lipinski definition) is 1. The third-order valence-corrected chi connectivity index (χ3v) is 3.31. The maximum absolute atomic E-state index is 12.5. The normalized spacial score (nSPS) is 10.6. The second kappa shape index (κ2) is 7.35. The van der Waals surface area contributed by atoms with Crippen LogP contribution in [0.15, 0.2) is 42.5 Å². The van der Waals surface area contributed by atoms with E-state index >= 15 is 0 Å². The molecule has 0 aliphatic carbocycles. The van der Waals surface area contributed by atoms with Gasteiger partial charge < -0.3 is 19.3 Å². The number of ketones is 1. The van der Waals surface area contributed by atoms with Crippen LogP contribution >= 0.6 is 0 Å². The molecule has 0 saturated carbocycles. The molecular formula is C18H18O5. The summed E-state index contributed by atoms with van der Waals surface area (Å²) in [4.78, 5) is 12.5. The standard InChI is InChI=1S/C18H18O5/c1-21-13-10-16(22-2)18(17(11-13)23-3)15(20)9-8-12-6-4-5-7-14(12)19/h4-11,19H,1-3H3/b9-8+. The summed E-state index contributed by atoms with van der Waals surface area (Å²) in [6.07, 6.45) is 2.91. The van der Waals surface area contributed by atoms with Gasteiger partial charge in [-0.1, -0.05) is 18.2 Å². The zero-order valence-electron chi connectivity index (χ0n) is 13.2. The van der Waals surface area contributed by atoms with Gasteiger partial charge in [-0.05, 0) is 18.2 Å². The lowest BCUT2D eigenvalue weighted by Crippen LogP contribution is -2.03. The van der Waals surface area contributed by atoms with E-state index < -0.39 is 0 Å². The van der Waals surface area contributed by atoms with Crippen LogP contribution in [-0.2, 0) is 0 Å². The highest BCUT2D eigenvalue weighted by atomic mass is 16.5. The number of ether oxygens (including phenoxy) is 3. The van der Waals surface area contributed by atoms with Crippen molar-refractivity contribution in [2.45, 2.75) is 0 Å². The van der Waals surface area contributed by atoms with Gasteiger partial charge in [-0.3, -0.25) is 4.79 Å².